The van der Waals surface area contributed by atoms with E-state index in [-0.39, 0.29) is 5.41 Å². The summed E-state index contributed by atoms with van der Waals surface area (Å²) >= 11 is 0. The van der Waals surface area contributed by atoms with Crippen molar-refractivity contribution in [2.24, 2.45) is 11.3 Å². The van der Waals surface area contributed by atoms with Crippen molar-refractivity contribution in [2.75, 3.05) is 20.3 Å². The molecule has 0 unspecified atom stereocenters. The van der Waals surface area contributed by atoms with Crippen molar-refractivity contribution in [1.82, 2.24) is 5.09 Å². The van der Waals surface area contributed by atoms with Crippen molar-refractivity contribution in [3.63, 3.8) is 0 Å². The van der Waals surface area contributed by atoms with Gasteiger partial charge in [-0.25, -0.2) is 9.65 Å². The molecule has 0 aliphatic carbocycles. The fraction of sp³-hybridized carbons (Fsp3) is 1.00. The standard InChI is InChI=1S/C8H18NO3P/c1-8(2,3)7-5-9-13(10,11-4)12-6-7/h7H,5-6H2,1-4H3,(H,9,10)/t7-,13-/m1/s1. The van der Waals surface area contributed by atoms with Crippen molar-refractivity contribution in [3.05, 3.63) is 0 Å². The molecular formula is C8H18NO3P. The summed E-state index contributed by atoms with van der Waals surface area (Å²) in [7, 11) is -1.56. The average molecular weight is 207 g/mol. The number of nitrogens with one attached hydrogen (secondary N) is 1. The third-order valence-electron chi connectivity index (χ3n) is 2.44. The zero-order valence-corrected chi connectivity index (χ0v) is 9.56. The second-order valence-corrected chi connectivity index (χ2v) is 6.34. The van der Waals surface area contributed by atoms with Crippen LogP contribution in [0.4, 0.5) is 0 Å². The molecule has 0 saturated carbocycles. The van der Waals surface area contributed by atoms with Crippen LogP contribution in [-0.4, -0.2) is 20.3 Å². The van der Waals surface area contributed by atoms with Gasteiger partial charge in [0.25, 0.3) is 0 Å². The maximum Gasteiger partial charge on any atom is 0.405 e. The molecule has 78 valence electrons. The lowest BCUT2D eigenvalue weighted by Crippen LogP contribution is -2.38. The summed E-state index contributed by atoms with van der Waals surface area (Å²) in [6.45, 7) is 7.62. The van der Waals surface area contributed by atoms with Crippen LogP contribution in [0.25, 0.3) is 0 Å². The first-order valence-corrected chi connectivity index (χ1v) is 5.97. The minimum absolute atomic E-state index is 0.173. The van der Waals surface area contributed by atoms with E-state index < -0.39 is 7.75 Å². The second-order valence-electron chi connectivity index (χ2n) is 4.40. The van der Waals surface area contributed by atoms with Crippen LogP contribution < -0.4 is 5.09 Å². The lowest BCUT2D eigenvalue weighted by atomic mass is 9.81. The molecule has 0 aromatic rings. The largest absolute Gasteiger partial charge is 0.405 e. The van der Waals surface area contributed by atoms with Crippen LogP contribution in [0.5, 0.6) is 0 Å². The van der Waals surface area contributed by atoms with E-state index in [4.69, 9.17) is 9.05 Å². The van der Waals surface area contributed by atoms with Crippen molar-refractivity contribution in [2.45, 2.75) is 20.8 Å². The molecule has 5 heteroatoms. The highest BCUT2D eigenvalue weighted by atomic mass is 31.2. The van der Waals surface area contributed by atoms with Gasteiger partial charge in [-0.2, -0.15) is 0 Å². The van der Waals surface area contributed by atoms with Crippen LogP contribution in [-0.2, 0) is 13.6 Å². The Morgan fingerprint density at radius 1 is 1.54 bits per heavy atom. The van der Waals surface area contributed by atoms with Crippen LogP contribution >= 0.6 is 7.75 Å². The normalized spacial score (nSPS) is 36.2. The predicted octanol–water partition coefficient (Wildman–Crippen LogP) is 2.02. The molecule has 0 aromatic heterocycles. The summed E-state index contributed by atoms with van der Waals surface area (Å²) in [5.74, 6) is 0.379. The third-order valence-corrected chi connectivity index (χ3v) is 3.98. The molecule has 0 bridgehead atoms. The van der Waals surface area contributed by atoms with E-state index in [1.165, 1.54) is 7.11 Å². The van der Waals surface area contributed by atoms with Crippen molar-refractivity contribution in [1.29, 1.82) is 0 Å². The van der Waals surface area contributed by atoms with Gasteiger partial charge in [0.2, 0.25) is 0 Å². The minimum Gasteiger partial charge on any atom is -0.300 e. The molecule has 13 heavy (non-hydrogen) atoms. The molecule has 1 N–H and O–H groups in total. The van der Waals surface area contributed by atoms with Crippen molar-refractivity contribution < 1.29 is 13.6 Å². The van der Waals surface area contributed by atoms with Crippen LogP contribution in [0.3, 0.4) is 0 Å². The van der Waals surface area contributed by atoms with Gasteiger partial charge in [-0.05, 0) is 5.41 Å². The van der Waals surface area contributed by atoms with Gasteiger partial charge in [-0.1, -0.05) is 20.8 Å². The van der Waals surface area contributed by atoms with Gasteiger partial charge in [0, 0.05) is 19.6 Å². The van der Waals surface area contributed by atoms with E-state index in [0.717, 1.165) is 0 Å². The van der Waals surface area contributed by atoms with E-state index in [9.17, 15) is 4.57 Å². The van der Waals surface area contributed by atoms with Crippen LogP contribution in [0, 0.1) is 11.3 Å². The molecule has 0 amide bonds. The topological polar surface area (TPSA) is 47.6 Å². The van der Waals surface area contributed by atoms with E-state index in [2.05, 4.69) is 25.9 Å². The van der Waals surface area contributed by atoms with Gasteiger partial charge in [0.1, 0.15) is 0 Å². The molecule has 1 heterocycles. The van der Waals surface area contributed by atoms with Gasteiger partial charge in [0.15, 0.2) is 0 Å². The monoisotopic (exact) mass is 207 g/mol. The van der Waals surface area contributed by atoms with Gasteiger partial charge in [0.05, 0.1) is 6.61 Å². The SMILES string of the molecule is CO[P@]1(=O)NC[C@@H](C(C)(C)C)CO1. The molecule has 0 radical (unpaired) electrons. The highest BCUT2D eigenvalue weighted by molar-refractivity contribution is 7.51. The summed E-state index contributed by atoms with van der Waals surface area (Å²) in [6, 6.07) is 0. The molecule has 2 atom stereocenters. The zero-order valence-electron chi connectivity index (χ0n) is 8.66. The Morgan fingerprint density at radius 2 is 2.15 bits per heavy atom. The zero-order chi connectivity index (χ0) is 10.1. The first kappa shape index (κ1) is 11.2. The Morgan fingerprint density at radius 3 is 2.46 bits per heavy atom. The fourth-order valence-electron chi connectivity index (χ4n) is 1.19. The molecule has 0 spiro atoms. The van der Waals surface area contributed by atoms with Gasteiger partial charge in [-0.3, -0.25) is 4.52 Å². The van der Waals surface area contributed by atoms with Crippen molar-refractivity contribution in [3.8, 4) is 0 Å². The Kier molecular flexibility index (Phi) is 3.18. The summed E-state index contributed by atoms with van der Waals surface area (Å²) < 4.78 is 21.5. The number of hydrogen-bond acceptors (Lipinski definition) is 3. The quantitative estimate of drug-likeness (QED) is 0.668. The first-order valence-electron chi connectivity index (χ1n) is 4.43. The lowest BCUT2D eigenvalue weighted by Gasteiger charge is -2.36. The Labute approximate surface area is 79.6 Å². The molecule has 0 aromatic carbocycles. The van der Waals surface area contributed by atoms with Gasteiger partial charge in [-0.15, -0.1) is 0 Å². The van der Waals surface area contributed by atoms with Crippen LogP contribution in [0.2, 0.25) is 0 Å². The van der Waals surface area contributed by atoms with E-state index in [1.807, 2.05) is 0 Å². The predicted molar refractivity (Wildman–Crippen MR) is 51.5 cm³/mol. The molecule has 1 rings (SSSR count). The second kappa shape index (κ2) is 3.70. The van der Waals surface area contributed by atoms with Crippen LogP contribution in [0.1, 0.15) is 20.8 Å². The lowest BCUT2D eigenvalue weighted by molar-refractivity contribution is 0.102. The first-order chi connectivity index (χ1) is 5.87. The van der Waals surface area contributed by atoms with Gasteiger partial charge >= 0.3 is 7.75 Å². The number of rotatable bonds is 1. The Bertz CT molecular complexity index is 212. The molecular weight excluding hydrogens is 189 g/mol. The smallest absolute Gasteiger partial charge is 0.300 e. The highest BCUT2D eigenvalue weighted by Crippen LogP contribution is 2.47. The Hall–Kier alpha value is 0.110. The maximum atomic E-state index is 11.5. The van der Waals surface area contributed by atoms with Gasteiger partial charge < -0.3 is 4.52 Å². The summed E-state index contributed by atoms with van der Waals surface area (Å²) in [6.07, 6.45) is 0. The van der Waals surface area contributed by atoms with E-state index in [1.54, 1.807) is 0 Å². The fourth-order valence-corrected chi connectivity index (χ4v) is 2.33. The summed E-state index contributed by atoms with van der Waals surface area (Å²) in [4.78, 5) is 0. The van der Waals surface area contributed by atoms with E-state index in [0.29, 0.717) is 19.1 Å². The minimum atomic E-state index is -2.95. The maximum absolute atomic E-state index is 11.5. The van der Waals surface area contributed by atoms with Crippen molar-refractivity contribution >= 4 is 7.75 Å². The molecule has 1 fully saturated rings. The molecule has 4 nitrogen and oxygen atoms in total. The molecule has 1 saturated heterocycles. The highest BCUT2D eigenvalue weighted by Gasteiger charge is 2.35. The number of hydrogen-bond donors (Lipinski definition) is 1. The summed E-state index contributed by atoms with van der Waals surface area (Å²) in [5.41, 5.74) is 0.173. The average Bonchev–Trinajstić information content (AvgIpc) is 2.04. The molecule has 1 aliphatic heterocycles. The third kappa shape index (κ3) is 2.78. The van der Waals surface area contributed by atoms with Crippen LogP contribution in [0.15, 0.2) is 0 Å². The summed E-state index contributed by atoms with van der Waals surface area (Å²) in [5, 5.41) is 2.81. The van der Waals surface area contributed by atoms with E-state index >= 15 is 0 Å². The molecule has 1 aliphatic rings. The Balaban J connectivity index is 2.53.